The molecule has 0 saturated carbocycles. The van der Waals surface area contributed by atoms with Crippen LogP contribution in [-0.4, -0.2) is 65.6 Å². The van der Waals surface area contributed by atoms with Gasteiger partial charge in [0.15, 0.2) is 0 Å². The van der Waals surface area contributed by atoms with E-state index in [0.29, 0.717) is 36.5 Å². The molecule has 1 fully saturated rings. The van der Waals surface area contributed by atoms with Gasteiger partial charge in [-0.2, -0.15) is 4.98 Å². The zero-order valence-corrected chi connectivity index (χ0v) is 15.4. The van der Waals surface area contributed by atoms with E-state index in [2.05, 4.69) is 21.8 Å². The van der Waals surface area contributed by atoms with Crippen molar-refractivity contribution in [3.63, 3.8) is 0 Å². The molecule has 0 bridgehead atoms. The molecule has 0 radical (unpaired) electrons. The minimum absolute atomic E-state index is 0.0618. The molecular formula is C19H24N4O3. The van der Waals surface area contributed by atoms with Crippen LogP contribution in [0, 0.1) is 0 Å². The van der Waals surface area contributed by atoms with E-state index >= 15 is 0 Å². The number of carbonyl (C=O) groups excluding carboxylic acids is 1. The van der Waals surface area contributed by atoms with Crippen LogP contribution in [0.5, 0.6) is 11.8 Å². The Labute approximate surface area is 153 Å². The van der Waals surface area contributed by atoms with Gasteiger partial charge in [-0.3, -0.25) is 14.7 Å². The van der Waals surface area contributed by atoms with E-state index < -0.39 is 0 Å². The summed E-state index contributed by atoms with van der Waals surface area (Å²) in [6.07, 6.45) is 3.62. The summed E-state index contributed by atoms with van der Waals surface area (Å²) < 4.78 is 10.3. The number of amides is 1. The Morgan fingerprint density at radius 1 is 1.19 bits per heavy atom. The number of hydrogen-bond donors (Lipinski definition) is 0. The Hall–Kier alpha value is -2.67. The smallest absolute Gasteiger partial charge is 0.259 e. The molecule has 1 saturated heterocycles. The number of pyridine rings is 2. The quantitative estimate of drug-likeness (QED) is 0.754. The summed E-state index contributed by atoms with van der Waals surface area (Å²) in [6, 6.07) is 7.79. The van der Waals surface area contributed by atoms with Gasteiger partial charge in [0.1, 0.15) is 5.56 Å². The number of likely N-dealkylation sites (tertiary alicyclic amines) is 1. The Morgan fingerprint density at radius 2 is 1.92 bits per heavy atom. The minimum Gasteiger partial charge on any atom is -0.481 e. The maximum Gasteiger partial charge on any atom is 0.259 e. The van der Waals surface area contributed by atoms with Crippen molar-refractivity contribution in [2.24, 2.45) is 0 Å². The topological polar surface area (TPSA) is 67.8 Å². The Morgan fingerprint density at radius 3 is 2.54 bits per heavy atom. The molecule has 1 amide bonds. The molecule has 1 aliphatic rings. The van der Waals surface area contributed by atoms with Crippen LogP contribution in [0.25, 0.3) is 0 Å². The number of rotatable bonds is 7. The van der Waals surface area contributed by atoms with Crippen molar-refractivity contribution in [2.45, 2.75) is 19.5 Å². The highest BCUT2D eigenvalue weighted by Gasteiger charge is 2.35. The molecule has 2 aromatic heterocycles. The van der Waals surface area contributed by atoms with Crippen LogP contribution in [0.3, 0.4) is 0 Å². The van der Waals surface area contributed by atoms with Crippen LogP contribution >= 0.6 is 0 Å². The molecule has 3 rings (SSSR count). The standard InChI is InChI=1S/C19H24N4O3/c1-4-22(11-14-7-9-20-10-8-14)15-12-23(13-15)19(24)16-5-6-17(25-2)21-18(16)26-3/h5-10,15H,4,11-13H2,1-3H3. The van der Waals surface area contributed by atoms with Crippen molar-refractivity contribution in [3.05, 3.63) is 47.8 Å². The fourth-order valence-corrected chi connectivity index (χ4v) is 3.10. The lowest BCUT2D eigenvalue weighted by atomic mass is 10.0. The molecule has 0 atom stereocenters. The lowest BCUT2D eigenvalue weighted by Gasteiger charge is -2.45. The highest BCUT2D eigenvalue weighted by atomic mass is 16.5. The number of nitrogens with zero attached hydrogens (tertiary/aromatic N) is 4. The lowest BCUT2D eigenvalue weighted by molar-refractivity contribution is 0.0251. The van der Waals surface area contributed by atoms with Crippen LogP contribution in [0.4, 0.5) is 0 Å². The van der Waals surface area contributed by atoms with Crippen LogP contribution < -0.4 is 9.47 Å². The number of hydrogen-bond acceptors (Lipinski definition) is 6. The third-order valence-electron chi connectivity index (χ3n) is 4.67. The first-order valence-corrected chi connectivity index (χ1v) is 8.67. The molecule has 0 aromatic carbocycles. The largest absolute Gasteiger partial charge is 0.481 e. The zero-order chi connectivity index (χ0) is 18.5. The molecule has 138 valence electrons. The van der Waals surface area contributed by atoms with E-state index in [4.69, 9.17) is 9.47 Å². The third-order valence-corrected chi connectivity index (χ3v) is 4.67. The summed E-state index contributed by atoms with van der Waals surface area (Å²) in [5.74, 6) is 0.657. The lowest BCUT2D eigenvalue weighted by Crippen LogP contribution is -2.60. The van der Waals surface area contributed by atoms with Gasteiger partial charge in [-0.1, -0.05) is 6.92 Å². The molecule has 3 heterocycles. The fraction of sp³-hybridized carbons (Fsp3) is 0.421. The molecular weight excluding hydrogens is 332 g/mol. The van der Waals surface area contributed by atoms with Gasteiger partial charge in [-0.25, -0.2) is 0 Å². The van der Waals surface area contributed by atoms with Crippen molar-refractivity contribution >= 4 is 5.91 Å². The van der Waals surface area contributed by atoms with Gasteiger partial charge in [-0.05, 0) is 30.3 Å². The molecule has 7 heteroatoms. The second kappa shape index (κ2) is 8.14. The first-order chi connectivity index (χ1) is 12.7. The predicted molar refractivity (Wildman–Crippen MR) is 97.4 cm³/mol. The minimum atomic E-state index is -0.0618. The first-order valence-electron chi connectivity index (χ1n) is 8.67. The number of methoxy groups -OCH3 is 2. The van der Waals surface area contributed by atoms with Crippen molar-refractivity contribution < 1.29 is 14.3 Å². The second-order valence-corrected chi connectivity index (χ2v) is 6.19. The van der Waals surface area contributed by atoms with Gasteiger partial charge >= 0.3 is 0 Å². The summed E-state index contributed by atoms with van der Waals surface area (Å²) in [7, 11) is 3.04. The van der Waals surface area contributed by atoms with Gasteiger partial charge in [0.25, 0.3) is 5.91 Å². The molecule has 0 N–H and O–H groups in total. The van der Waals surface area contributed by atoms with Crippen molar-refractivity contribution in [1.29, 1.82) is 0 Å². The number of carbonyl (C=O) groups is 1. The highest BCUT2D eigenvalue weighted by Crippen LogP contribution is 2.25. The van der Waals surface area contributed by atoms with E-state index in [1.807, 2.05) is 29.4 Å². The first kappa shape index (κ1) is 18.1. The van der Waals surface area contributed by atoms with Crippen molar-refractivity contribution in [3.8, 4) is 11.8 Å². The molecule has 2 aromatic rings. The summed E-state index contributed by atoms with van der Waals surface area (Å²) in [5, 5.41) is 0. The summed E-state index contributed by atoms with van der Waals surface area (Å²) in [4.78, 5) is 25.2. The normalized spacial score (nSPS) is 14.2. The zero-order valence-electron chi connectivity index (χ0n) is 15.4. The van der Waals surface area contributed by atoms with E-state index in [9.17, 15) is 4.79 Å². The SMILES string of the molecule is CCN(Cc1ccncc1)C1CN(C(=O)c2ccc(OC)nc2OC)C1. The molecule has 26 heavy (non-hydrogen) atoms. The average Bonchev–Trinajstić information content (AvgIpc) is 2.66. The fourth-order valence-electron chi connectivity index (χ4n) is 3.10. The molecule has 0 aliphatic carbocycles. The predicted octanol–water partition coefficient (Wildman–Crippen LogP) is 1.84. The van der Waals surface area contributed by atoms with E-state index in [1.165, 1.54) is 19.8 Å². The van der Waals surface area contributed by atoms with Crippen LogP contribution in [0.15, 0.2) is 36.7 Å². The molecule has 1 aliphatic heterocycles. The van der Waals surface area contributed by atoms with Gasteiger partial charge in [0.05, 0.1) is 14.2 Å². The van der Waals surface area contributed by atoms with Crippen molar-refractivity contribution in [2.75, 3.05) is 33.9 Å². The third kappa shape index (κ3) is 3.77. The maximum absolute atomic E-state index is 12.8. The second-order valence-electron chi connectivity index (χ2n) is 6.19. The van der Waals surface area contributed by atoms with E-state index in [-0.39, 0.29) is 5.91 Å². The van der Waals surface area contributed by atoms with Crippen LogP contribution in [0.2, 0.25) is 0 Å². The van der Waals surface area contributed by atoms with Crippen LogP contribution in [0.1, 0.15) is 22.8 Å². The van der Waals surface area contributed by atoms with Gasteiger partial charge < -0.3 is 14.4 Å². The summed E-state index contributed by atoms with van der Waals surface area (Å²) >= 11 is 0. The molecule has 0 spiro atoms. The molecule has 7 nitrogen and oxygen atoms in total. The monoisotopic (exact) mass is 356 g/mol. The molecule has 0 unspecified atom stereocenters. The summed E-state index contributed by atoms with van der Waals surface area (Å²) in [5.41, 5.74) is 1.69. The van der Waals surface area contributed by atoms with Crippen LogP contribution in [-0.2, 0) is 6.54 Å². The number of ether oxygens (including phenoxy) is 2. The van der Waals surface area contributed by atoms with E-state index in [1.54, 1.807) is 12.1 Å². The van der Waals surface area contributed by atoms with E-state index in [0.717, 1.165) is 13.1 Å². The van der Waals surface area contributed by atoms with Gasteiger partial charge in [-0.15, -0.1) is 0 Å². The Balaban J connectivity index is 1.62. The number of aromatic nitrogens is 2. The highest BCUT2D eigenvalue weighted by molar-refractivity contribution is 5.97. The van der Waals surface area contributed by atoms with Crippen molar-refractivity contribution in [1.82, 2.24) is 19.8 Å². The van der Waals surface area contributed by atoms with Gasteiger partial charge in [0.2, 0.25) is 11.8 Å². The number of likely N-dealkylation sites (N-methyl/N-ethyl adjacent to an activating group) is 1. The Bertz CT molecular complexity index is 748. The van der Waals surface area contributed by atoms with Gasteiger partial charge in [0, 0.05) is 44.1 Å². The summed E-state index contributed by atoms with van der Waals surface area (Å²) in [6.45, 7) is 5.34. The maximum atomic E-state index is 12.8. The average molecular weight is 356 g/mol. The Kier molecular flexibility index (Phi) is 5.68.